The van der Waals surface area contributed by atoms with Gasteiger partial charge in [-0.3, -0.25) is 0 Å². The number of phenols is 9. The molecule has 0 aliphatic carbocycles. The third kappa shape index (κ3) is 7.04. The zero-order valence-corrected chi connectivity index (χ0v) is 30.2. The zero-order chi connectivity index (χ0) is 51.5. The monoisotopic (exact) mass is 1020 g/mol. The van der Waals surface area contributed by atoms with Crippen LogP contribution in [0.1, 0.15) is 0 Å². The molecule has 0 saturated heterocycles. The van der Waals surface area contributed by atoms with Crippen molar-refractivity contribution in [2.45, 2.75) is 80.1 Å². The van der Waals surface area contributed by atoms with Crippen molar-refractivity contribution in [2.75, 3.05) is 0 Å². The van der Waals surface area contributed by atoms with E-state index in [0.29, 0.717) is 0 Å². The molecule has 3 aromatic rings. The normalized spacial score (nSPS) is 14.9. The summed E-state index contributed by atoms with van der Waals surface area (Å²) in [6.07, 6.45) is -8.29. The van der Waals surface area contributed by atoms with Crippen LogP contribution in [0.15, 0.2) is 51.1 Å². The maximum absolute atomic E-state index is 15.5. The lowest BCUT2D eigenvalue weighted by atomic mass is 9.85. The molecule has 3 aromatic carbocycles. The van der Waals surface area contributed by atoms with Gasteiger partial charge in [0.15, 0.2) is 0 Å². The highest BCUT2D eigenvalue weighted by atomic mass is 32.3. The Bertz CT molecular complexity index is 2160. The third-order valence-electron chi connectivity index (χ3n) is 8.33. The van der Waals surface area contributed by atoms with Crippen LogP contribution in [-0.4, -0.2) is 117 Å². The fourth-order valence-electron chi connectivity index (χ4n) is 5.12. The van der Waals surface area contributed by atoms with Gasteiger partial charge < -0.3 is 50.1 Å². The molecule has 9 N–H and O–H groups in total. The Morgan fingerprint density at radius 1 is 0.338 bits per heavy atom. The highest BCUT2D eigenvalue weighted by Crippen LogP contribution is 2.80. The lowest BCUT2D eigenvalue weighted by Crippen LogP contribution is -2.78. The molecule has 0 aromatic heterocycles. The van der Waals surface area contributed by atoms with E-state index in [-0.39, 0.29) is 36.4 Å². The van der Waals surface area contributed by atoms with Crippen molar-refractivity contribution >= 4 is 16.3 Å². The predicted molar refractivity (Wildman–Crippen MR) is 158 cm³/mol. The molecule has 0 atom stereocenters. The van der Waals surface area contributed by atoms with Crippen LogP contribution in [0.5, 0.6) is 51.7 Å². The molecule has 65 heavy (non-hydrogen) atoms. The number of halogens is 23. The summed E-state index contributed by atoms with van der Waals surface area (Å²) in [4.78, 5) is 6.51. The van der Waals surface area contributed by atoms with Crippen molar-refractivity contribution in [1.29, 1.82) is 0 Å². The van der Waals surface area contributed by atoms with Gasteiger partial charge in [-0.15, -0.1) is 0 Å². The van der Waals surface area contributed by atoms with Crippen LogP contribution in [0, 0.1) is 0 Å². The average molecular weight is 1020 g/mol. The minimum Gasteiger partial charge on any atom is -0.508 e. The Kier molecular flexibility index (Phi) is 12.4. The van der Waals surface area contributed by atoms with E-state index >= 15 is 17.6 Å². The second-order valence-corrected chi connectivity index (χ2v) is 15.1. The molecule has 11 nitrogen and oxygen atoms in total. The van der Waals surface area contributed by atoms with Crippen LogP contribution >= 0.6 is 10.3 Å². The molecule has 0 saturated carbocycles. The number of aromatic hydroxyl groups is 9. The number of phenolic OH excluding ortho intramolecular Hbond substituents is 9. The molecule has 35 heteroatoms. The molecule has 0 aliphatic rings. The van der Waals surface area contributed by atoms with Crippen LogP contribution in [0.2, 0.25) is 0 Å². The van der Waals surface area contributed by atoms with Gasteiger partial charge in [0.2, 0.25) is 0 Å². The number of hydrogen-bond donors (Lipinski definition) is 9. The molecule has 368 valence electrons. The summed E-state index contributed by atoms with van der Waals surface area (Å²) >= 11 is 0. The Labute approximate surface area is 340 Å². The average Bonchev–Trinajstić information content (AvgIpc) is 3.08. The van der Waals surface area contributed by atoms with Crippen LogP contribution in [0.25, 0.3) is 0 Å². The standard InChI is InChI=1S/C30H15F23O11S/c31-20(32,21(33,34)22(35,36)23(37,38)24(39,40)25(41,42)26(43,44)27(45,46)28(47,48)29(49,50)30(51,52)53)19(63)64-65(16-10(57)1-7(54)2-11(16)58,17-12(59)3-8(55)4-13(17)60)18-14(61)5-9(56)6-15(18)62/h1-6,54-62H. The van der Waals surface area contributed by atoms with E-state index in [1.807, 2.05) is 0 Å². The van der Waals surface area contributed by atoms with Gasteiger partial charge in [-0.1, -0.05) is 0 Å². The Morgan fingerprint density at radius 2 is 0.523 bits per heavy atom. The van der Waals surface area contributed by atoms with Gasteiger partial charge in [-0.05, 0) is 0 Å². The van der Waals surface area contributed by atoms with E-state index in [9.17, 15) is 134 Å². The summed E-state index contributed by atoms with van der Waals surface area (Å²) in [6.45, 7) is 0. The second kappa shape index (κ2) is 15.1. The number of alkyl halides is 23. The van der Waals surface area contributed by atoms with E-state index < -0.39 is 148 Å². The van der Waals surface area contributed by atoms with Crippen LogP contribution < -0.4 is 0 Å². The first-order valence-electron chi connectivity index (χ1n) is 15.3. The van der Waals surface area contributed by atoms with Crippen molar-refractivity contribution < 1.29 is 156 Å². The number of rotatable bonds is 14. The van der Waals surface area contributed by atoms with Gasteiger partial charge >= 0.3 is 71.4 Å². The van der Waals surface area contributed by atoms with Gasteiger partial charge in [-0.25, -0.2) is 4.79 Å². The van der Waals surface area contributed by atoms with Crippen molar-refractivity contribution in [3.05, 3.63) is 36.4 Å². The molecule has 0 amide bonds. The summed E-state index contributed by atoms with van der Waals surface area (Å²) < 4.78 is 328. The van der Waals surface area contributed by atoms with Crippen molar-refractivity contribution in [3.8, 4) is 51.7 Å². The summed E-state index contributed by atoms with van der Waals surface area (Å²) in [5.41, 5.74) is 0. The first-order valence-corrected chi connectivity index (χ1v) is 16.8. The van der Waals surface area contributed by atoms with E-state index in [0.717, 1.165) is 0 Å². The molecule has 0 radical (unpaired) electrons. The number of hydrogen-bond acceptors (Lipinski definition) is 11. The van der Waals surface area contributed by atoms with Crippen LogP contribution in [0.4, 0.5) is 101 Å². The molecule has 0 aliphatic heterocycles. The maximum atomic E-state index is 15.5. The largest absolute Gasteiger partial charge is 0.508 e. The van der Waals surface area contributed by atoms with Gasteiger partial charge in [0.05, 0.1) is 0 Å². The third-order valence-corrected chi connectivity index (χ3v) is 11.7. The summed E-state index contributed by atoms with van der Waals surface area (Å²) in [6, 6.07) is -0.936. The smallest absolute Gasteiger partial charge is 0.460 e. The van der Waals surface area contributed by atoms with Crippen LogP contribution in [-0.2, 0) is 8.98 Å². The maximum Gasteiger partial charge on any atom is 0.460 e. The zero-order valence-electron chi connectivity index (χ0n) is 29.4. The molecule has 0 unspecified atom stereocenters. The summed E-state index contributed by atoms with van der Waals surface area (Å²) in [7, 11) is -6.41. The first kappa shape index (κ1) is 53.4. The topological polar surface area (TPSA) is 208 Å². The molecule has 0 heterocycles. The van der Waals surface area contributed by atoms with Gasteiger partial charge in [0.25, 0.3) is 0 Å². The molecule has 3 rings (SSSR count). The van der Waals surface area contributed by atoms with Crippen molar-refractivity contribution in [1.82, 2.24) is 0 Å². The quantitative estimate of drug-likeness (QED) is 0.0695. The van der Waals surface area contributed by atoms with E-state index in [2.05, 4.69) is 4.18 Å². The van der Waals surface area contributed by atoms with Gasteiger partial charge in [0.1, 0.15) is 66.4 Å². The highest BCUT2D eigenvalue weighted by molar-refractivity contribution is 8.30. The SMILES string of the molecule is O=C(OS(c1c(O)cc(O)cc1O)(c1c(O)cc(O)cc1O)c1c(O)cc(O)cc1O)C(F)(F)C(F)(F)C(F)(F)C(F)(F)C(F)(F)C(F)(F)C(F)(F)C(F)(F)C(F)(F)C(F)(F)C(F)(F)F. The van der Waals surface area contributed by atoms with Gasteiger partial charge in [0, 0.05) is 46.7 Å². The fraction of sp³-hybridized carbons (Fsp3) is 0.367. The molecule has 0 bridgehead atoms. The number of benzene rings is 3. The minimum atomic E-state index is -9.81. The lowest BCUT2D eigenvalue weighted by Gasteiger charge is -2.45. The van der Waals surface area contributed by atoms with E-state index in [1.165, 1.54) is 0 Å². The van der Waals surface area contributed by atoms with E-state index in [4.69, 9.17) is 0 Å². The van der Waals surface area contributed by atoms with Crippen LogP contribution in [0.3, 0.4) is 0 Å². The fourth-order valence-corrected chi connectivity index (χ4v) is 8.43. The Balaban J connectivity index is 2.45. The van der Waals surface area contributed by atoms with Gasteiger partial charge in [-0.2, -0.15) is 101 Å². The molecular weight excluding hydrogens is 1010 g/mol. The molecule has 0 spiro atoms. The second-order valence-electron chi connectivity index (χ2n) is 12.6. The predicted octanol–water partition coefficient (Wildman–Crippen LogP) is 9.69. The Hall–Kier alpha value is -5.93. The molecular formula is C30H15F23O11S. The van der Waals surface area contributed by atoms with Crippen molar-refractivity contribution in [3.63, 3.8) is 0 Å². The number of carbonyl (C=O) groups excluding carboxylic acids is 1. The Morgan fingerprint density at radius 3 is 0.723 bits per heavy atom. The van der Waals surface area contributed by atoms with Crippen molar-refractivity contribution in [2.24, 2.45) is 0 Å². The lowest BCUT2D eigenvalue weighted by molar-refractivity contribution is -0.477. The van der Waals surface area contributed by atoms with E-state index in [1.54, 1.807) is 0 Å². The first-order chi connectivity index (χ1) is 28.6. The number of carbonyl (C=O) groups is 1. The summed E-state index contributed by atoms with van der Waals surface area (Å²) in [5.74, 6) is -115. The summed E-state index contributed by atoms with van der Waals surface area (Å²) in [5, 5.41) is 93.2. The highest BCUT2D eigenvalue weighted by Gasteiger charge is 2.99. The minimum absolute atomic E-state index is 0.156. The molecule has 0 fully saturated rings.